The monoisotopic (exact) mass is 246 g/mol. The molecule has 1 saturated carbocycles. The fourth-order valence-corrected chi connectivity index (χ4v) is 2.96. The number of hydrogen-bond donors (Lipinski definition) is 2. The predicted molar refractivity (Wildman–Crippen MR) is 69.5 cm³/mol. The van der Waals surface area contributed by atoms with Crippen molar-refractivity contribution in [1.82, 2.24) is 19.9 Å². The van der Waals surface area contributed by atoms with E-state index < -0.39 is 0 Å². The van der Waals surface area contributed by atoms with Gasteiger partial charge in [0.2, 0.25) is 0 Å². The summed E-state index contributed by atoms with van der Waals surface area (Å²) in [5.74, 6) is 1.28. The molecule has 18 heavy (non-hydrogen) atoms. The Morgan fingerprint density at radius 3 is 3.00 bits per heavy atom. The largest absolute Gasteiger partial charge is 0.325 e. The van der Waals surface area contributed by atoms with E-state index in [0.717, 1.165) is 18.7 Å². The minimum Gasteiger partial charge on any atom is -0.303 e. The molecular weight excluding hydrogens is 228 g/mol. The van der Waals surface area contributed by atoms with Crippen LogP contribution in [-0.2, 0) is 0 Å². The van der Waals surface area contributed by atoms with Crippen molar-refractivity contribution in [1.29, 1.82) is 0 Å². The predicted octanol–water partition coefficient (Wildman–Crippen LogP) is 2.33. The number of rotatable bonds is 1. The molecule has 0 aliphatic heterocycles. The summed E-state index contributed by atoms with van der Waals surface area (Å²) in [6.07, 6.45) is 6.46. The van der Waals surface area contributed by atoms with Crippen molar-refractivity contribution in [2.24, 2.45) is 5.41 Å². The zero-order valence-electron chi connectivity index (χ0n) is 10.8. The Bertz CT molecular complexity index is 625. The molecule has 1 aliphatic carbocycles. The van der Waals surface area contributed by atoms with Gasteiger partial charge in [0.05, 0.1) is 6.20 Å². The molecule has 3 rings (SSSR count). The smallest absolute Gasteiger partial charge is 0.303 e. The van der Waals surface area contributed by atoms with Crippen molar-refractivity contribution in [2.75, 3.05) is 0 Å². The van der Waals surface area contributed by atoms with E-state index >= 15 is 0 Å². The van der Waals surface area contributed by atoms with Gasteiger partial charge in [0.25, 0.3) is 0 Å². The highest BCUT2D eigenvalue weighted by Crippen LogP contribution is 2.42. The van der Waals surface area contributed by atoms with Crippen LogP contribution in [0.2, 0.25) is 0 Å². The Balaban J connectivity index is 1.96. The van der Waals surface area contributed by atoms with Gasteiger partial charge in [-0.25, -0.2) is 14.8 Å². The molecule has 5 heteroatoms. The summed E-state index contributed by atoms with van der Waals surface area (Å²) in [6, 6.07) is 0. The highest BCUT2D eigenvalue weighted by molar-refractivity contribution is 5.68. The molecule has 0 radical (unpaired) electrons. The van der Waals surface area contributed by atoms with Gasteiger partial charge >= 0.3 is 5.69 Å². The van der Waals surface area contributed by atoms with Gasteiger partial charge < -0.3 is 4.98 Å². The Kier molecular flexibility index (Phi) is 2.50. The van der Waals surface area contributed by atoms with Crippen LogP contribution in [-0.4, -0.2) is 19.9 Å². The van der Waals surface area contributed by atoms with Crippen molar-refractivity contribution >= 4 is 11.2 Å². The SMILES string of the molecule is CC1(C)CCCC(c2ncc3[nH]c(=O)[nH]c3n2)C1. The molecule has 2 aromatic rings. The third kappa shape index (κ3) is 2.05. The van der Waals surface area contributed by atoms with Crippen LogP contribution in [0.25, 0.3) is 11.2 Å². The number of aromatic amines is 2. The minimum absolute atomic E-state index is 0.222. The molecule has 0 aromatic carbocycles. The number of nitrogens with one attached hydrogen (secondary N) is 2. The maximum Gasteiger partial charge on any atom is 0.325 e. The first-order chi connectivity index (χ1) is 8.53. The van der Waals surface area contributed by atoms with Crippen molar-refractivity contribution < 1.29 is 0 Å². The van der Waals surface area contributed by atoms with Gasteiger partial charge in [0.15, 0.2) is 5.65 Å². The van der Waals surface area contributed by atoms with Gasteiger partial charge in [-0.05, 0) is 24.7 Å². The van der Waals surface area contributed by atoms with E-state index in [9.17, 15) is 4.79 Å². The summed E-state index contributed by atoms with van der Waals surface area (Å²) in [5.41, 5.74) is 1.44. The number of hydrogen-bond acceptors (Lipinski definition) is 3. The second kappa shape index (κ2) is 3.93. The molecular formula is C13H18N4O. The lowest BCUT2D eigenvalue weighted by Gasteiger charge is -2.34. The van der Waals surface area contributed by atoms with Gasteiger partial charge in [-0.2, -0.15) is 0 Å². The Labute approximate surface area is 105 Å². The third-order valence-electron chi connectivity index (χ3n) is 3.86. The van der Waals surface area contributed by atoms with E-state index in [4.69, 9.17) is 0 Å². The lowest BCUT2D eigenvalue weighted by molar-refractivity contribution is 0.215. The molecule has 2 heterocycles. The molecule has 96 valence electrons. The topological polar surface area (TPSA) is 74.4 Å². The Morgan fingerprint density at radius 2 is 2.22 bits per heavy atom. The van der Waals surface area contributed by atoms with Crippen LogP contribution in [0.4, 0.5) is 0 Å². The molecule has 1 atom stereocenters. The summed E-state index contributed by atoms with van der Waals surface area (Å²) >= 11 is 0. The lowest BCUT2D eigenvalue weighted by atomic mass is 9.72. The van der Waals surface area contributed by atoms with Crippen molar-refractivity contribution in [3.63, 3.8) is 0 Å². The van der Waals surface area contributed by atoms with E-state index in [1.807, 2.05) is 0 Å². The van der Waals surface area contributed by atoms with Crippen LogP contribution in [0.5, 0.6) is 0 Å². The van der Waals surface area contributed by atoms with Crippen molar-refractivity contribution in [3.8, 4) is 0 Å². The van der Waals surface area contributed by atoms with E-state index in [2.05, 4.69) is 33.8 Å². The summed E-state index contributed by atoms with van der Waals surface area (Å²) in [4.78, 5) is 25.5. The zero-order valence-corrected chi connectivity index (χ0v) is 10.8. The van der Waals surface area contributed by atoms with Crippen LogP contribution < -0.4 is 5.69 Å². The van der Waals surface area contributed by atoms with Crippen molar-refractivity contribution in [2.45, 2.75) is 45.4 Å². The number of imidazole rings is 1. The number of nitrogens with zero attached hydrogens (tertiary/aromatic N) is 2. The van der Waals surface area contributed by atoms with Crippen molar-refractivity contribution in [3.05, 3.63) is 22.5 Å². The molecule has 0 spiro atoms. The van der Waals surface area contributed by atoms with Crippen LogP contribution in [0.1, 0.15) is 51.3 Å². The zero-order chi connectivity index (χ0) is 12.8. The second-order valence-corrected chi connectivity index (χ2v) is 6.03. The van der Waals surface area contributed by atoms with Gasteiger partial charge in [-0.15, -0.1) is 0 Å². The summed E-state index contributed by atoms with van der Waals surface area (Å²) in [7, 11) is 0. The molecule has 0 bridgehead atoms. The van der Waals surface area contributed by atoms with Gasteiger partial charge in [-0.1, -0.05) is 20.3 Å². The maximum atomic E-state index is 11.2. The van der Waals surface area contributed by atoms with Crippen LogP contribution in [0.15, 0.2) is 11.0 Å². The van der Waals surface area contributed by atoms with Gasteiger partial charge in [0, 0.05) is 5.92 Å². The third-order valence-corrected chi connectivity index (χ3v) is 3.86. The summed E-state index contributed by atoms with van der Waals surface area (Å²) < 4.78 is 0. The maximum absolute atomic E-state index is 11.2. The second-order valence-electron chi connectivity index (χ2n) is 6.03. The van der Waals surface area contributed by atoms with E-state index in [1.54, 1.807) is 6.20 Å². The molecule has 1 aliphatic rings. The number of fused-ring (bicyclic) bond motifs is 1. The van der Waals surface area contributed by atoms with E-state index in [-0.39, 0.29) is 5.69 Å². The van der Waals surface area contributed by atoms with Gasteiger partial charge in [0.1, 0.15) is 11.3 Å². The Morgan fingerprint density at radius 1 is 1.39 bits per heavy atom. The standard InChI is InChI=1S/C13H18N4O/c1-13(2)5-3-4-8(6-13)10-14-7-9-11(16-10)17-12(18)15-9/h7-8H,3-6H2,1-2H3,(H2,14,15,16,17,18). The molecule has 0 saturated heterocycles. The summed E-state index contributed by atoms with van der Waals surface area (Å²) in [6.45, 7) is 4.60. The quantitative estimate of drug-likeness (QED) is 0.811. The molecule has 2 N–H and O–H groups in total. The summed E-state index contributed by atoms with van der Waals surface area (Å²) in [5, 5.41) is 0. The average Bonchev–Trinajstić information content (AvgIpc) is 2.66. The lowest BCUT2D eigenvalue weighted by Crippen LogP contribution is -2.22. The first kappa shape index (κ1) is 11.4. The molecule has 2 aromatic heterocycles. The fourth-order valence-electron chi connectivity index (χ4n) is 2.96. The number of H-pyrrole nitrogens is 2. The minimum atomic E-state index is -0.222. The van der Waals surface area contributed by atoms with Crippen LogP contribution in [0.3, 0.4) is 0 Å². The highest BCUT2D eigenvalue weighted by atomic mass is 16.1. The number of aromatic nitrogens is 4. The molecule has 1 unspecified atom stereocenters. The van der Waals surface area contributed by atoms with E-state index in [1.165, 1.54) is 12.8 Å². The first-order valence-electron chi connectivity index (χ1n) is 6.48. The van der Waals surface area contributed by atoms with Crippen LogP contribution in [0, 0.1) is 5.41 Å². The highest BCUT2D eigenvalue weighted by Gasteiger charge is 2.30. The molecule has 5 nitrogen and oxygen atoms in total. The fraction of sp³-hybridized carbons (Fsp3) is 0.615. The van der Waals surface area contributed by atoms with Crippen LogP contribution >= 0.6 is 0 Å². The average molecular weight is 246 g/mol. The Hall–Kier alpha value is -1.65. The van der Waals surface area contributed by atoms with E-state index in [0.29, 0.717) is 22.5 Å². The molecule has 1 fully saturated rings. The normalized spacial score (nSPS) is 23.3. The first-order valence-corrected chi connectivity index (χ1v) is 6.48. The molecule has 0 amide bonds. The van der Waals surface area contributed by atoms with Gasteiger partial charge in [-0.3, -0.25) is 4.98 Å².